The van der Waals surface area contributed by atoms with Crippen LogP contribution in [0.4, 0.5) is 0 Å². The van der Waals surface area contributed by atoms with Gasteiger partial charge < -0.3 is 33.2 Å². The Bertz CT molecular complexity index is 1110. The van der Waals surface area contributed by atoms with Gasteiger partial charge in [-0.1, -0.05) is 6.58 Å². The van der Waals surface area contributed by atoms with Crippen molar-refractivity contribution in [2.75, 3.05) is 33.5 Å². The Balaban J connectivity index is 1.20. The molecule has 0 radical (unpaired) electrons. The van der Waals surface area contributed by atoms with Crippen LogP contribution in [0, 0.1) is 0 Å². The maximum atomic E-state index is 12.6. The zero-order valence-corrected chi connectivity index (χ0v) is 21.0. The van der Waals surface area contributed by atoms with Crippen LogP contribution >= 0.6 is 0 Å². The Morgan fingerprint density at radius 3 is 2.08 bits per heavy atom. The first-order valence-corrected chi connectivity index (χ1v) is 12.3. The van der Waals surface area contributed by atoms with Crippen molar-refractivity contribution in [2.24, 2.45) is 0 Å². The SMILES string of the molecule is C=CC(=O)OCCCCOc1ccc(C(=O)Oc2ccc(C(=O)O[C@H]3COC4C3OC[C@@H]4OC)cc2)cc1. The Morgan fingerprint density at radius 2 is 1.42 bits per heavy atom. The summed E-state index contributed by atoms with van der Waals surface area (Å²) in [6.07, 6.45) is 1.21. The van der Waals surface area contributed by atoms with Gasteiger partial charge in [-0.25, -0.2) is 14.4 Å². The molecule has 202 valence electrons. The maximum Gasteiger partial charge on any atom is 0.343 e. The summed E-state index contributed by atoms with van der Waals surface area (Å²) < 4.78 is 38.2. The molecule has 10 heteroatoms. The maximum absolute atomic E-state index is 12.6. The number of rotatable bonds is 12. The van der Waals surface area contributed by atoms with E-state index in [9.17, 15) is 14.4 Å². The third kappa shape index (κ3) is 6.97. The number of esters is 3. The first-order valence-electron chi connectivity index (χ1n) is 12.3. The van der Waals surface area contributed by atoms with E-state index in [0.29, 0.717) is 49.5 Å². The molecule has 2 aliphatic rings. The Labute approximate surface area is 220 Å². The van der Waals surface area contributed by atoms with Crippen LogP contribution in [-0.2, 0) is 28.5 Å². The van der Waals surface area contributed by atoms with Crippen molar-refractivity contribution in [2.45, 2.75) is 37.3 Å². The fourth-order valence-corrected chi connectivity index (χ4v) is 4.08. The van der Waals surface area contributed by atoms with E-state index < -0.39 is 24.0 Å². The van der Waals surface area contributed by atoms with Crippen molar-refractivity contribution in [1.82, 2.24) is 0 Å². The molecule has 2 heterocycles. The van der Waals surface area contributed by atoms with Gasteiger partial charge in [0.2, 0.25) is 0 Å². The molecule has 2 aromatic rings. The van der Waals surface area contributed by atoms with Crippen LogP contribution in [0.5, 0.6) is 11.5 Å². The van der Waals surface area contributed by atoms with E-state index >= 15 is 0 Å². The Hall–Kier alpha value is -3.73. The smallest absolute Gasteiger partial charge is 0.343 e. The van der Waals surface area contributed by atoms with Crippen LogP contribution < -0.4 is 9.47 Å². The van der Waals surface area contributed by atoms with E-state index in [0.717, 1.165) is 6.08 Å². The third-order valence-electron chi connectivity index (χ3n) is 6.13. The quantitative estimate of drug-likeness (QED) is 0.177. The van der Waals surface area contributed by atoms with E-state index in [1.807, 2.05) is 0 Å². The van der Waals surface area contributed by atoms with Gasteiger partial charge in [-0.05, 0) is 61.4 Å². The Kier molecular flexibility index (Phi) is 9.47. The molecule has 0 bridgehead atoms. The molecule has 2 fully saturated rings. The van der Waals surface area contributed by atoms with Crippen molar-refractivity contribution in [3.05, 3.63) is 72.3 Å². The highest BCUT2D eigenvalue weighted by atomic mass is 16.7. The molecule has 0 aromatic heterocycles. The summed E-state index contributed by atoms with van der Waals surface area (Å²) in [7, 11) is 1.59. The molecule has 2 saturated heterocycles. The minimum atomic E-state index is -0.545. The predicted molar refractivity (Wildman–Crippen MR) is 133 cm³/mol. The third-order valence-corrected chi connectivity index (χ3v) is 6.13. The average molecular weight is 527 g/mol. The second-order valence-corrected chi connectivity index (χ2v) is 8.68. The molecule has 4 rings (SSSR count). The van der Waals surface area contributed by atoms with Gasteiger partial charge in [-0.15, -0.1) is 0 Å². The number of hydrogen-bond acceptors (Lipinski definition) is 10. The molecule has 0 saturated carbocycles. The van der Waals surface area contributed by atoms with Crippen LogP contribution in [0.15, 0.2) is 61.2 Å². The number of carbonyl (C=O) groups is 3. The number of hydrogen-bond donors (Lipinski definition) is 0. The van der Waals surface area contributed by atoms with Crippen LogP contribution in [0.2, 0.25) is 0 Å². The fraction of sp³-hybridized carbons (Fsp3) is 0.393. The molecule has 2 aromatic carbocycles. The number of fused-ring (bicyclic) bond motifs is 1. The first kappa shape index (κ1) is 27.3. The molecule has 0 amide bonds. The highest BCUT2D eigenvalue weighted by molar-refractivity contribution is 5.92. The number of carbonyl (C=O) groups excluding carboxylic acids is 3. The van der Waals surface area contributed by atoms with E-state index in [-0.39, 0.29) is 30.7 Å². The van der Waals surface area contributed by atoms with Gasteiger partial charge in [0.15, 0.2) is 6.10 Å². The molecular weight excluding hydrogens is 496 g/mol. The van der Waals surface area contributed by atoms with Crippen molar-refractivity contribution in [1.29, 1.82) is 0 Å². The molecule has 38 heavy (non-hydrogen) atoms. The number of unbranched alkanes of at least 4 members (excludes halogenated alkanes) is 1. The zero-order chi connectivity index (χ0) is 26.9. The summed E-state index contributed by atoms with van der Waals surface area (Å²) in [5.41, 5.74) is 0.661. The lowest BCUT2D eigenvalue weighted by Crippen LogP contribution is -2.34. The highest BCUT2D eigenvalue weighted by Gasteiger charge is 2.49. The molecule has 10 nitrogen and oxygen atoms in total. The van der Waals surface area contributed by atoms with E-state index in [2.05, 4.69) is 6.58 Å². The summed E-state index contributed by atoms with van der Waals surface area (Å²) in [6, 6.07) is 12.7. The number of methoxy groups -OCH3 is 1. The minimum absolute atomic E-state index is 0.173. The lowest BCUT2D eigenvalue weighted by molar-refractivity contribution is -0.137. The lowest BCUT2D eigenvalue weighted by Gasteiger charge is -2.16. The molecular formula is C28H30O10. The van der Waals surface area contributed by atoms with Crippen molar-refractivity contribution in [3.63, 3.8) is 0 Å². The second kappa shape index (κ2) is 13.2. The van der Waals surface area contributed by atoms with Crippen LogP contribution in [0.1, 0.15) is 33.6 Å². The topological polar surface area (TPSA) is 116 Å². The molecule has 0 spiro atoms. The van der Waals surface area contributed by atoms with Gasteiger partial charge in [0.1, 0.15) is 29.8 Å². The Morgan fingerprint density at radius 1 is 0.842 bits per heavy atom. The highest BCUT2D eigenvalue weighted by Crippen LogP contribution is 2.30. The summed E-state index contributed by atoms with van der Waals surface area (Å²) >= 11 is 0. The molecule has 0 aliphatic carbocycles. The lowest BCUT2D eigenvalue weighted by atomic mass is 10.1. The van der Waals surface area contributed by atoms with E-state index in [1.54, 1.807) is 31.4 Å². The minimum Gasteiger partial charge on any atom is -0.494 e. The fourth-order valence-electron chi connectivity index (χ4n) is 4.08. The molecule has 0 N–H and O–H groups in total. The normalized spacial score (nSPS) is 21.8. The van der Waals surface area contributed by atoms with Crippen molar-refractivity contribution >= 4 is 17.9 Å². The summed E-state index contributed by atoms with van der Waals surface area (Å²) in [4.78, 5) is 36.1. The largest absolute Gasteiger partial charge is 0.494 e. The van der Waals surface area contributed by atoms with Crippen LogP contribution in [-0.4, -0.2) is 75.9 Å². The summed E-state index contributed by atoms with van der Waals surface area (Å²) in [6.45, 7) is 4.73. The monoisotopic (exact) mass is 526 g/mol. The number of benzene rings is 2. The summed E-state index contributed by atoms with van der Waals surface area (Å²) in [5, 5.41) is 0. The molecule has 2 aliphatic heterocycles. The molecule has 2 unspecified atom stereocenters. The summed E-state index contributed by atoms with van der Waals surface area (Å²) in [5.74, 6) is -0.617. The van der Waals surface area contributed by atoms with Gasteiger partial charge >= 0.3 is 17.9 Å². The van der Waals surface area contributed by atoms with Gasteiger partial charge in [0.25, 0.3) is 0 Å². The van der Waals surface area contributed by atoms with Crippen LogP contribution in [0.25, 0.3) is 0 Å². The van der Waals surface area contributed by atoms with Crippen molar-refractivity contribution < 1.29 is 47.5 Å². The second-order valence-electron chi connectivity index (χ2n) is 8.68. The van der Waals surface area contributed by atoms with Gasteiger partial charge in [-0.2, -0.15) is 0 Å². The van der Waals surface area contributed by atoms with E-state index in [1.165, 1.54) is 24.3 Å². The standard InChI is InChI=1S/C28H30O10/c1-3-24(29)34-15-5-4-14-33-20-10-6-18(7-11-20)27(30)37-21-12-8-19(9-13-21)28(31)38-23-17-36-25-22(32-2)16-35-26(23)25/h3,6-13,22-23,25-26H,1,4-5,14-17H2,2H3/t22-,23-,25?,26?/m0/s1. The van der Waals surface area contributed by atoms with Crippen LogP contribution in [0.3, 0.4) is 0 Å². The first-order chi connectivity index (χ1) is 18.5. The van der Waals surface area contributed by atoms with Gasteiger partial charge in [0, 0.05) is 13.2 Å². The predicted octanol–water partition coefficient (Wildman–Crippen LogP) is 3.13. The van der Waals surface area contributed by atoms with E-state index in [4.69, 9.17) is 33.2 Å². The van der Waals surface area contributed by atoms with Gasteiger partial charge in [-0.3, -0.25) is 0 Å². The van der Waals surface area contributed by atoms with Gasteiger partial charge in [0.05, 0.1) is 37.6 Å². The molecule has 4 atom stereocenters. The van der Waals surface area contributed by atoms with Crippen molar-refractivity contribution in [3.8, 4) is 11.5 Å². The average Bonchev–Trinajstić information content (AvgIpc) is 3.53. The zero-order valence-electron chi connectivity index (χ0n) is 21.0. The number of ether oxygens (including phenoxy) is 7.